The van der Waals surface area contributed by atoms with Gasteiger partial charge in [0.25, 0.3) is 0 Å². The molecule has 1 aromatic heterocycles. The van der Waals surface area contributed by atoms with Crippen LogP contribution in [0.25, 0.3) is 0 Å². The van der Waals surface area contributed by atoms with E-state index in [0.29, 0.717) is 17.1 Å². The Balaban J connectivity index is 2.37. The molecule has 0 aliphatic heterocycles. The fraction of sp³-hybridized carbons (Fsp3) is 0.0833. The van der Waals surface area contributed by atoms with Gasteiger partial charge in [0.1, 0.15) is 5.82 Å². The van der Waals surface area contributed by atoms with Gasteiger partial charge in [-0.25, -0.2) is 9.97 Å². The molecule has 18 heavy (non-hydrogen) atoms. The van der Waals surface area contributed by atoms with Crippen molar-refractivity contribution in [2.75, 3.05) is 11.1 Å². The highest BCUT2D eigenvalue weighted by atomic mass is 35.5. The van der Waals surface area contributed by atoms with E-state index in [1.807, 2.05) is 13.0 Å². The summed E-state index contributed by atoms with van der Waals surface area (Å²) in [5, 5.41) is 10.6. The van der Waals surface area contributed by atoms with E-state index in [2.05, 4.69) is 15.3 Å². The lowest BCUT2D eigenvalue weighted by molar-refractivity contribution is 1.17. The molecule has 92 valence electrons. The van der Waals surface area contributed by atoms with E-state index in [-0.39, 0.29) is 5.28 Å². The highest BCUT2D eigenvalue weighted by Crippen LogP contribution is 2.24. The summed E-state index contributed by atoms with van der Waals surface area (Å²) in [5.41, 5.74) is 8.82. The van der Waals surface area contributed by atoms with Crippen LogP contribution in [0.5, 0.6) is 0 Å². The molecule has 0 amide bonds. The van der Waals surface area contributed by atoms with Gasteiger partial charge in [0, 0.05) is 29.3 Å². The van der Waals surface area contributed by atoms with Crippen LogP contribution in [0.1, 0.15) is 11.1 Å². The minimum absolute atomic E-state index is 0.181. The van der Waals surface area contributed by atoms with Crippen molar-refractivity contribution in [3.8, 4) is 0 Å². The smallest absolute Gasteiger partial charge is 0.224 e. The van der Waals surface area contributed by atoms with Gasteiger partial charge in [-0.05, 0) is 42.3 Å². The number of hydrogen-bond donors (Lipinski definition) is 3. The molecule has 2 aromatic rings. The third kappa shape index (κ3) is 2.57. The molecule has 1 aromatic carbocycles. The lowest BCUT2D eigenvalue weighted by Gasteiger charge is -2.11. The summed E-state index contributed by atoms with van der Waals surface area (Å²) in [6, 6.07) is 5.32. The number of halogens is 1. The predicted octanol–water partition coefficient (Wildman–Crippen LogP) is 2.76. The summed E-state index contributed by atoms with van der Waals surface area (Å²) in [7, 11) is 0. The SMILES string of the molecule is Cc1cc(N)c(C=N)cc1Nc1ccnc(Cl)n1. The summed E-state index contributed by atoms with van der Waals surface area (Å²) in [6.45, 7) is 1.93. The van der Waals surface area contributed by atoms with Crippen LogP contribution in [0.2, 0.25) is 5.28 Å². The number of nitrogens with one attached hydrogen (secondary N) is 2. The molecule has 0 aliphatic carbocycles. The van der Waals surface area contributed by atoms with Crippen LogP contribution in [-0.4, -0.2) is 16.2 Å². The van der Waals surface area contributed by atoms with Crippen LogP contribution in [0.4, 0.5) is 17.2 Å². The van der Waals surface area contributed by atoms with Crippen molar-refractivity contribution in [1.82, 2.24) is 9.97 Å². The molecule has 6 heteroatoms. The maximum Gasteiger partial charge on any atom is 0.224 e. The zero-order valence-corrected chi connectivity index (χ0v) is 10.5. The third-order valence-corrected chi connectivity index (χ3v) is 2.66. The van der Waals surface area contributed by atoms with E-state index in [1.54, 1.807) is 18.3 Å². The molecule has 2 rings (SSSR count). The Labute approximate surface area is 110 Å². The number of nitrogen functional groups attached to an aromatic ring is 1. The quantitative estimate of drug-likeness (QED) is 0.450. The van der Waals surface area contributed by atoms with Crippen LogP contribution < -0.4 is 11.1 Å². The highest BCUT2D eigenvalue weighted by molar-refractivity contribution is 6.28. The molecule has 0 fully saturated rings. The van der Waals surface area contributed by atoms with E-state index in [9.17, 15) is 0 Å². The van der Waals surface area contributed by atoms with Crippen molar-refractivity contribution in [3.63, 3.8) is 0 Å². The molecule has 0 aliphatic rings. The average Bonchev–Trinajstić information content (AvgIpc) is 2.33. The lowest BCUT2D eigenvalue weighted by Crippen LogP contribution is -2.00. The summed E-state index contributed by atoms with van der Waals surface area (Å²) >= 11 is 5.72. The minimum atomic E-state index is 0.181. The predicted molar refractivity (Wildman–Crippen MR) is 73.8 cm³/mol. The Morgan fingerprint density at radius 2 is 2.22 bits per heavy atom. The first-order valence-electron chi connectivity index (χ1n) is 5.26. The fourth-order valence-electron chi connectivity index (χ4n) is 1.55. The van der Waals surface area contributed by atoms with E-state index < -0.39 is 0 Å². The summed E-state index contributed by atoms with van der Waals surface area (Å²) in [4.78, 5) is 7.85. The maximum absolute atomic E-state index is 7.29. The average molecular weight is 262 g/mol. The maximum atomic E-state index is 7.29. The van der Waals surface area contributed by atoms with Gasteiger partial charge < -0.3 is 16.5 Å². The number of hydrogen-bond acceptors (Lipinski definition) is 5. The molecular formula is C12H12ClN5. The van der Waals surface area contributed by atoms with Crippen molar-refractivity contribution in [2.45, 2.75) is 6.92 Å². The lowest BCUT2D eigenvalue weighted by atomic mass is 10.1. The van der Waals surface area contributed by atoms with Gasteiger partial charge in [-0.15, -0.1) is 0 Å². The number of aromatic nitrogens is 2. The Hall–Kier alpha value is -2.14. The van der Waals surface area contributed by atoms with Crippen molar-refractivity contribution < 1.29 is 0 Å². The van der Waals surface area contributed by atoms with Gasteiger partial charge in [-0.2, -0.15) is 0 Å². The van der Waals surface area contributed by atoms with E-state index in [0.717, 1.165) is 11.3 Å². The first kappa shape index (κ1) is 12.3. The normalized spacial score (nSPS) is 10.1. The van der Waals surface area contributed by atoms with Crippen molar-refractivity contribution in [1.29, 1.82) is 5.41 Å². The number of benzene rings is 1. The molecule has 0 bridgehead atoms. The zero-order valence-electron chi connectivity index (χ0n) is 9.74. The molecule has 1 heterocycles. The third-order valence-electron chi connectivity index (χ3n) is 2.47. The highest BCUT2D eigenvalue weighted by Gasteiger charge is 2.05. The van der Waals surface area contributed by atoms with Crippen LogP contribution in [0, 0.1) is 12.3 Å². The van der Waals surface area contributed by atoms with Crippen LogP contribution in [0.15, 0.2) is 24.4 Å². The number of nitrogens with two attached hydrogens (primary N) is 1. The van der Waals surface area contributed by atoms with Crippen LogP contribution in [-0.2, 0) is 0 Å². The van der Waals surface area contributed by atoms with Crippen molar-refractivity contribution in [2.24, 2.45) is 0 Å². The first-order chi connectivity index (χ1) is 8.60. The Morgan fingerprint density at radius 3 is 2.89 bits per heavy atom. The standard InChI is InChI=1S/C12H12ClN5/c1-7-4-9(15)8(6-14)5-10(7)17-11-2-3-16-12(13)18-11/h2-6,14H,15H2,1H3,(H,16,17,18). The number of aryl methyl sites for hydroxylation is 1. The molecule has 0 radical (unpaired) electrons. The molecule has 0 saturated heterocycles. The Morgan fingerprint density at radius 1 is 1.44 bits per heavy atom. The molecule has 0 saturated carbocycles. The van der Waals surface area contributed by atoms with Gasteiger partial charge in [-0.3, -0.25) is 0 Å². The molecule has 0 spiro atoms. The van der Waals surface area contributed by atoms with E-state index in [1.165, 1.54) is 6.21 Å². The van der Waals surface area contributed by atoms with Gasteiger partial charge in [0.05, 0.1) is 0 Å². The monoisotopic (exact) mass is 261 g/mol. The number of anilines is 3. The van der Waals surface area contributed by atoms with Crippen LogP contribution >= 0.6 is 11.6 Å². The van der Waals surface area contributed by atoms with Crippen LogP contribution in [0.3, 0.4) is 0 Å². The molecule has 0 atom stereocenters. The van der Waals surface area contributed by atoms with Crippen molar-refractivity contribution in [3.05, 3.63) is 40.8 Å². The van der Waals surface area contributed by atoms with Gasteiger partial charge in [0.15, 0.2) is 0 Å². The summed E-state index contributed by atoms with van der Waals surface area (Å²) in [6.07, 6.45) is 2.79. The van der Waals surface area contributed by atoms with E-state index in [4.69, 9.17) is 22.7 Å². The summed E-state index contributed by atoms with van der Waals surface area (Å²) < 4.78 is 0. The van der Waals surface area contributed by atoms with Gasteiger partial charge in [0.2, 0.25) is 5.28 Å². The summed E-state index contributed by atoms with van der Waals surface area (Å²) in [5.74, 6) is 0.596. The first-order valence-corrected chi connectivity index (χ1v) is 5.64. The molecular weight excluding hydrogens is 250 g/mol. The zero-order chi connectivity index (χ0) is 13.1. The topological polar surface area (TPSA) is 87.7 Å². The second kappa shape index (κ2) is 5.01. The number of rotatable bonds is 3. The molecule has 4 N–H and O–H groups in total. The second-order valence-electron chi connectivity index (χ2n) is 3.78. The van der Waals surface area contributed by atoms with E-state index >= 15 is 0 Å². The van der Waals surface area contributed by atoms with Gasteiger partial charge in [-0.1, -0.05) is 0 Å². The van der Waals surface area contributed by atoms with Crippen molar-refractivity contribution >= 4 is 35.0 Å². The Bertz CT molecular complexity index is 597. The van der Waals surface area contributed by atoms with Gasteiger partial charge >= 0.3 is 0 Å². The molecule has 0 unspecified atom stereocenters. The minimum Gasteiger partial charge on any atom is -0.398 e. The fourth-order valence-corrected chi connectivity index (χ4v) is 1.70. The largest absolute Gasteiger partial charge is 0.398 e. The Kier molecular flexibility index (Phi) is 3.43. The second-order valence-corrected chi connectivity index (χ2v) is 4.11. The number of nitrogens with zero attached hydrogens (tertiary/aromatic N) is 2. The molecule has 5 nitrogen and oxygen atoms in total.